The fourth-order valence-corrected chi connectivity index (χ4v) is 8.08. The molecular weight excluding hydrogens is 546 g/mol. The molecule has 10 rings (SSSR count). The molecule has 0 N–H and O–H groups in total. The molecule has 0 fully saturated rings. The first-order valence-corrected chi connectivity index (χ1v) is 15.5. The van der Waals surface area contributed by atoms with Crippen LogP contribution in [-0.4, -0.2) is 4.57 Å². The van der Waals surface area contributed by atoms with Crippen molar-refractivity contribution in [2.24, 2.45) is 0 Å². The zero-order chi connectivity index (χ0) is 29.5. The van der Waals surface area contributed by atoms with Crippen LogP contribution >= 0.6 is 0 Å². The summed E-state index contributed by atoms with van der Waals surface area (Å²) in [4.78, 5) is 0. The Morgan fingerprint density at radius 3 is 1.78 bits per heavy atom. The van der Waals surface area contributed by atoms with Crippen LogP contribution in [0.2, 0.25) is 0 Å². The van der Waals surface area contributed by atoms with E-state index >= 15 is 0 Å². The number of fused-ring (bicyclic) bond motifs is 13. The van der Waals surface area contributed by atoms with E-state index in [9.17, 15) is 0 Å². The molecule has 0 unspecified atom stereocenters. The highest BCUT2D eigenvalue weighted by atomic mass is 16.5. The van der Waals surface area contributed by atoms with Crippen molar-refractivity contribution in [2.75, 3.05) is 0 Å². The topological polar surface area (TPSA) is 14.2 Å². The van der Waals surface area contributed by atoms with Gasteiger partial charge < -0.3 is 9.30 Å². The maximum atomic E-state index is 7.03. The van der Waals surface area contributed by atoms with E-state index < -0.39 is 5.41 Å². The summed E-state index contributed by atoms with van der Waals surface area (Å²) in [6.07, 6.45) is 0. The summed E-state index contributed by atoms with van der Waals surface area (Å²) in [5.74, 6) is 1.85. The number of aromatic nitrogens is 1. The maximum Gasteiger partial charge on any atom is 0.142 e. The molecule has 1 aliphatic heterocycles. The molecule has 1 aromatic heterocycles. The number of benzene rings is 7. The van der Waals surface area contributed by atoms with Gasteiger partial charge in [-0.3, -0.25) is 0 Å². The van der Waals surface area contributed by atoms with E-state index in [0.29, 0.717) is 0 Å². The third kappa shape index (κ3) is 3.18. The van der Waals surface area contributed by atoms with Gasteiger partial charge in [-0.05, 0) is 63.7 Å². The maximum absolute atomic E-state index is 7.03. The molecule has 0 radical (unpaired) electrons. The van der Waals surface area contributed by atoms with Crippen LogP contribution in [0.5, 0.6) is 11.5 Å². The number of ether oxygens (including phenoxy) is 1. The predicted molar refractivity (Wildman–Crippen MR) is 184 cm³/mol. The number of hydrogen-bond acceptors (Lipinski definition) is 1. The lowest BCUT2D eigenvalue weighted by molar-refractivity contribution is 0.442. The molecule has 210 valence electrons. The molecule has 8 aromatic rings. The van der Waals surface area contributed by atoms with Gasteiger partial charge in [0.25, 0.3) is 0 Å². The van der Waals surface area contributed by atoms with E-state index in [4.69, 9.17) is 4.74 Å². The third-order valence-electron chi connectivity index (χ3n) is 9.88. The van der Waals surface area contributed by atoms with E-state index in [1.54, 1.807) is 0 Å². The van der Waals surface area contributed by atoms with Gasteiger partial charge in [0.2, 0.25) is 0 Å². The van der Waals surface area contributed by atoms with Crippen molar-refractivity contribution < 1.29 is 4.74 Å². The molecule has 2 aliphatic rings. The van der Waals surface area contributed by atoms with Crippen LogP contribution in [0.15, 0.2) is 164 Å². The monoisotopic (exact) mass is 573 g/mol. The highest BCUT2D eigenvalue weighted by Gasteiger charge is 2.51. The summed E-state index contributed by atoms with van der Waals surface area (Å²) in [5, 5.41) is 2.33. The van der Waals surface area contributed by atoms with Crippen molar-refractivity contribution in [2.45, 2.75) is 5.41 Å². The second-order valence-corrected chi connectivity index (χ2v) is 12.0. The smallest absolute Gasteiger partial charge is 0.142 e. The van der Waals surface area contributed by atoms with Gasteiger partial charge in [-0.15, -0.1) is 0 Å². The average Bonchev–Trinajstić information content (AvgIpc) is 3.60. The normalized spacial score (nSPS) is 13.7. The Labute approximate surface area is 261 Å². The lowest BCUT2D eigenvalue weighted by atomic mass is 9.66. The molecule has 0 saturated carbocycles. The van der Waals surface area contributed by atoms with E-state index in [0.717, 1.165) is 33.6 Å². The number of rotatable bonds is 2. The Morgan fingerprint density at radius 1 is 0.422 bits per heavy atom. The Morgan fingerprint density at radius 2 is 1.02 bits per heavy atom. The highest BCUT2D eigenvalue weighted by molar-refractivity contribution is 6.13. The zero-order valence-corrected chi connectivity index (χ0v) is 24.4. The Hall–Kier alpha value is -5.86. The van der Waals surface area contributed by atoms with Crippen LogP contribution in [0.1, 0.15) is 22.3 Å². The predicted octanol–water partition coefficient (Wildman–Crippen LogP) is 10.9. The van der Waals surface area contributed by atoms with Crippen molar-refractivity contribution in [3.8, 4) is 39.4 Å². The zero-order valence-electron chi connectivity index (χ0n) is 24.4. The first-order valence-electron chi connectivity index (χ1n) is 15.5. The van der Waals surface area contributed by atoms with Crippen LogP contribution in [0.4, 0.5) is 0 Å². The first-order chi connectivity index (χ1) is 22.3. The SMILES string of the molecule is c1ccc(-c2ccc(-n3c4ccccc4c4c5c(ccc43)C3(c4ccccc4O5)c4ccccc4-c4ccccc43)cc2)cc1. The van der Waals surface area contributed by atoms with Crippen molar-refractivity contribution in [3.63, 3.8) is 0 Å². The molecule has 2 heteroatoms. The Kier molecular flexibility index (Phi) is 4.95. The van der Waals surface area contributed by atoms with Crippen LogP contribution < -0.4 is 4.74 Å². The molecule has 0 bridgehead atoms. The van der Waals surface area contributed by atoms with Gasteiger partial charge in [0.15, 0.2) is 0 Å². The molecular formula is C43H27NO. The van der Waals surface area contributed by atoms with Gasteiger partial charge in [-0.1, -0.05) is 133 Å². The van der Waals surface area contributed by atoms with Crippen molar-refractivity contribution in [1.29, 1.82) is 0 Å². The van der Waals surface area contributed by atoms with Gasteiger partial charge in [-0.25, -0.2) is 0 Å². The fraction of sp³-hybridized carbons (Fsp3) is 0.0233. The molecule has 2 nitrogen and oxygen atoms in total. The van der Waals surface area contributed by atoms with Crippen LogP contribution in [0.3, 0.4) is 0 Å². The first kappa shape index (κ1) is 24.6. The van der Waals surface area contributed by atoms with E-state index in [1.807, 2.05) is 0 Å². The molecule has 2 heterocycles. The Bertz CT molecular complexity index is 2400. The highest BCUT2D eigenvalue weighted by Crippen LogP contribution is 2.63. The summed E-state index contributed by atoms with van der Waals surface area (Å²) in [6.45, 7) is 0. The minimum Gasteiger partial charge on any atom is -0.456 e. The second-order valence-electron chi connectivity index (χ2n) is 12.0. The second kappa shape index (κ2) is 9.07. The molecule has 1 aliphatic carbocycles. The minimum atomic E-state index is -0.480. The standard InChI is InChI=1S/C43H27NO/c1-2-12-28(13-3-1)29-22-24-30(25-23-29)44-38-20-10-6-16-33(38)41-39(44)27-26-37-42(41)45-40-21-11-9-19-36(40)43(37)34-17-7-4-14-31(34)32-15-5-8-18-35(32)43/h1-27H. The van der Waals surface area contributed by atoms with Gasteiger partial charge in [0, 0.05) is 22.2 Å². The van der Waals surface area contributed by atoms with E-state index in [2.05, 4.69) is 168 Å². The van der Waals surface area contributed by atoms with Gasteiger partial charge in [0.05, 0.1) is 21.8 Å². The number of para-hydroxylation sites is 2. The van der Waals surface area contributed by atoms with Crippen LogP contribution in [0, 0.1) is 0 Å². The summed E-state index contributed by atoms with van der Waals surface area (Å²) in [5.41, 5.74) is 12.9. The quantitative estimate of drug-likeness (QED) is 0.201. The Balaban J connectivity index is 1.29. The van der Waals surface area contributed by atoms with E-state index in [1.165, 1.54) is 49.9 Å². The summed E-state index contributed by atoms with van der Waals surface area (Å²) in [7, 11) is 0. The molecule has 0 saturated heterocycles. The number of hydrogen-bond donors (Lipinski definition) is 0. The van der Waals surface area contributed by atoms with Crippen molar-refractivity contribution >= 4 is 21.8 Å². The largest absolute Gasteiger partial charge is 0.456 e. The molecule has 45 heavy (non-hydrogen) atoms. The summed E-state index contributed by atoms with van der Waals surface area (Å²) in [6, 6.07) is 59.2. The van der Waals surface area contributed by atoms with Gasteiger partial charge in [-0.2, -0.15) is 0 Å². The molecule has 0 atom stereocenters. The minimum absolute atomic E-state index is 0.480. The number of nitrogens with zero attached hydrogens (tertiary/aromatic N) is 1. The third-order valence-corrected chi connectivity index (χ3v) is 9.88. The van der Waals surface area contributed by atoms with Crippen LogP contribution in [0.25, 0.3) is 49.7 Å². The van der Waals surface area contributed by atoms with Crippen LogP contribution in [-0.2, 0) is 5.41 Å². The summed E-state index contributed by atoms with van der Waals surface area (Å²) >= 11 is 0. The average molecular weight is 574 g/mol. The molecule has 7 aromatic carbocycles. The molecule has 1 spiro atoms. The lowest BCUT2D eigenvalue weighted by Gasteiger charge is -2.39. The van der Waals surface area contributed by atoms with E-state index in [-0.39, 0.29) is 0 Å². The lowest BCUT2D eigenvalue weighted by Crippen LogP contribution is -2.32. The molecule has 0 amide bonds. The van der Waals surface area contributed by atoms with Gasteiger partial charge in [0.1, 0.15) is 11.5 Å². The fourth-order valence-electron chi connectivity index (χ4n) is 8.08. The van der Waals surface area contributed by atoms with Gasteiger partial charge >= 0.3 is 0 Å². The summed E-state index contributed by atoms with van der Waals surface area (Å²) < 4.78 is 9.41. The van der Waals surface area contributed by atoms with Crippen molar-refractivity contribution in [3.05, 3.63) is 186 Å². The van der Waals surface area contributed by atoms with Crippen molar-refractivity contribution in [1.82, 2.24) is 4.57 Å².